The number of ether oxygens (including phenoxy) is 4. The first-order chi connectivity index (χ1) is 14.2. The van der Waals surface area contributed by atoms with Gasteiger partial charge in [-0.15, -0.1) is 0 Å². The van der Waals surface area contributed by atoms with E-state index in [-0.39, 0.29) is 19.7 Å². The zero-order valence-electron chi connectivity index (χ0n) is 17.0. The Hall–Kier alpha value is -2.14. The first-order valence-electron chi connectivity index (χ1n) is 9.59. The third-order valence-corrected chi connectivity index (χ3v) is 3.29. The highest BCUT2D eigenvalue weighted by atomic mass is 16.6. The van der Waals surface area contributed by atoms with Crippen LogP contribution < -0.4 is 5.32 Å². The third kappa shape index (κ3) is 17.7. The first-order valence-corrected chi connectivity index (χ1v) is 9.59. The van der Waals surface area contributed by atoms with Crippen molar-refractivity contribution < 1.29 is 38.1 Å². The van der Waals surface area contributed by atoms with E-state index in [1.54, 1.807) is 6.08 Å². The predicted molar refractivity (Wildman–Crippen MR) is 104 cm³/mol. The number of nitrogens with one attached hydrogen (secondary N) is 1. The number of hydrogen-bond donors (Lipinski definition) is 1. The van der Waals surface area contributed by atoms with Crippen molar-refractivity contribution in [2.75, 3.05) is 65.9 Å². The lowest BCUT2D eigenvalue weighted by Crippen LogP contribution is -2.40. The summed E-state index contributed by atoms with van der Waals surface area (Å²) in [6, 6.07) is 0. The van der Waals surface area contributed by atoms with Crippen LogP contribution in [0.1, 0.15) is 19.8 Å². The third-order valence-electron chi connectivity index (χ3n) is 3.29. The summed E-state index contributed by atoms with van der Waals surface area (Å²) < 4.78 is 21.0. The molecule has 29 heavy (non-hydrogen) atoms. The van der Waals surface area contributed by atoms with Crippen LogP contribution >= 0.6 is 0 Å². The van der Waals surface area contributed by atoms with Crippen LogP contribution in [0.4, 0.5) is 0 Å². The molecule has 0 aliphatic carbocycles. The molecule has 0 heterocycles. The highest BCUT2D eigenvalue weighted by Gasteiger charge is 2.13. The second kappa shape index (κ2) is 20.6. The zero-order valence-corrected chi connectivity index (χ0v) is 17.0. The molecule has 1 N–H and O–H groups in total. The Labute approximate surface area is 171 Å². The van der Waals surface area contributed by atoms with Crippen LogP contribution in [-0.2, 0) is 38.1 Å². The minimum Gasteiger partial charge on any atom is -0.379 e. The van der Waals surface area contributed by atoms with Gasteiger partial charge in [0, 0.05) is 13.0 Å². The van der Waals surface area contributed by atoms with Crippen molar-refractivity contribution in [3.05, 3.63) is 12.2 Å². The predicted octanol–water partition coefficient (Wildman–Crippen LogP) is -0.291. The lowest BCUT2D eigenvalue weighted by atomic mass is 10.3. The summed E-state index contributed by atoms with van der Waals surface area (Å²) in [6.45, 7) is 4.99. The lowest BCUT2D eigenvalue weighted by molar-refractivity contribution is -0.139. The summed E-state index contributed by atoms with van der Waals surface area (Å²) in [5, 5.41) is 2.57. The summed E-state index contributed by atoms with van der Waals surface area (Å²) in [7, 11) is 0. The van der Waals surface area contributed by atoms with Crippen molar-refractivity contribution in [2.24, 2.45) is 0 Å². The largest absolute Gasteiger partial charge is 0.379 e. The monoisotopic (exact) mass is 416 g/mol. The first kappa shape index (κ1) is 26.9. The van der Waals surface area contributed by atoms with Gasteiger partial charge < -0.3 is 29.1 Å². The average molecular weight is 416 g/mol. The number of rotatable bonds is 20. The highest BCUT2D eigenvalue weighted by Crippen LogP contribution is 1.90. The molecular weight excluding hydrogens is 384 g/mol. The maximum absolute atomic E-state index is 11.7. The van der Waals surface area contributed by atoms with Gasteiger partial charge in [-0.1, -0.05) is 13.0 Å². The molecule has 0 aliphatic rings. The fourth-order valence-electron chi connectivity index (χ4n) is 1.85. The molecule has 0 fully saturated rings. The molecule has 10 heteroatoms. The number of aldehydes is 1. The smallest absolute Gasteiger partial charge is 0.253 e. The van der Waals surface area contributed by atoms with Crippen molar-refractivity contribution in [1.29, 1.82) is 0 Å². The van der Waals surface area contributed by atoms with Gasteiger partial charge in [0.2, 0.25) is 12.3 Å². The van der Waals surface area contributed by atoms with Gasteiger partial charge in [0.15, 0.2) is 0 Å². The lowest BCUT2D eigenvalue weighted by Gasteiger charge is -2.13. The minimum atomic E-state index is -0.528. The molecule has 10 nitrogen and oxygen atoms in total. The fourth-order valence-corrected chi connectivity index (χ4v) is 1.85. The van der Waals surface area contributed by atoms with Gasteiger partial charge in [0.1, 0.15) is 12.8 Å². The molecule has 3 amide bonds. The van der Waals surface area contributed by atoms with Crippen LogP contribution in [0.25, 0.3) is 0 Å². The quantitative estimate of drug-likeness (QED) is 0.163. The van der Waals surface area contributed by atoms with E-state index in [4.69, 9.17) is 18.9 Å². The molecule has 166 valence electrons. The topological polar surface area (TPSA) is 120 Å². The maximum atomic E-state index is 11.7. The summed E-state index contributed by atoms with van der Waals surface area (Å²) >= 11 is 0. The normalized spacial score (nSPS) is 10.8. The number of amides is 3. The molecule has 0 aromatic rings. The molecule has 0 saturated heterocycles. The number of imide groups is 1. The van der Waals surface area contributed by atoms with Crippen LogP contribution in [0.5, 0.6) is 0 Å². The molecule has 0 rings (SSSR count). The zero-order chi connectivity index (χ0) is 21.6. The summed E-state index contributed by atoms with van der Waals surface area (Å²) in [5.41, 5.74) is 0. The van der Waals surface area contributed by atoms with Crippen LogP contribution in [0.15, 0.2) is 12.2 Å². The van der Waals surface area contributed by atoms with Crippen molar-refractivity contribution in [1.82, 2.24) is 10.2 Å². The minimum absolute atomic E-state index is 0.262. The maximum Gasteiger partial charge on any atom is 0.253 e. The molecule has 0 aromatic heterocycles. The van der Waals surface area contributed by atoms with E-state index < -0.39 is 11.8 Å². The van der Waals surface area contributed by atoms with Gasteiger partial charge in [-0.05, 0) is 12.5 Å². The Morgan fingerprint density at radius 2 is 1.41 bits per heavy atom. The number of carbonyl (C=O) groups is 4. The Bertz CT molecular complexity index is 485. The summed E-state index contributed by atoms with van der Waals surface area (Å²) in [6.07, 6.45) is 5.07. The average Bonchev–Trinajstić information content (AvgIpc) is 2.72. The van der Waals surface area contributed by atoms with E-state index in [1.807, 2.05) is 6.92 Å². The van der Waals surface area contributed by atoms with Gasteiger partial charge in [0.25, 0.3) is 5.91 Å². The van der Waals surface area contributed by atoms with Gasteiger partial charge in [-0.3, -0.25) is 19.3 Å². The van der Waals surface area contributed by atoms with E-state index in [0.29, 0.717) is 65.5 Å². The molecular formula is C19H32N2O8. The van der Waals surface area contributed by atoms with Gasteiger partial charge in [-0.25, -0.2) is 0 Å². The van der Waals surface area contributed by atoms with Gasteiger partial charge >= 0.3 is 0 Å². The van der Waals surface area contributed by atoms with Gasteiger partial charge in [-0.2, -0.15) is 0 Å². The van der Waals surface area contributed by atoms with Crippen LogP contribution in [0, 0.1) is 0 Å². The number of carbonyl (C=O) groups excluding carboxylic acids is 4. The second-order valence-electron chi connectivity index (χ2n) is 5.64. The second-order valence-corrected chi connectivity index (χ2v) is 5.64. The van der Waals surface area contributed by atoms with Crippen LogP contribution in [0.3, 0.4) is 0 Å². The van der Waals surface area contributed by atoms with E-state index >= 15 is 0 Å². The van der Waals surface area contributed by atoms with Gasteiger partial charge in [0.05, 0.1) is 52.9 Å². The van der Waals surface area contributed by atoms with Crippen molar-refractivity contribution in [2.45, 2.75) is 19.8 Å². The van der Waals surface area contributed by atoms with E-state index in [9.17, 15) is 19.2 Å². The molecule has 0 bridgehead atoms. The molecule has 0 spiro atoms. The number of hydrogen-bond acceptors (Lipinski definition) is 8. The Morgan fingerprint density at radius 3 is 1.93 bits per heavy atom. The van der Waals surface area contributed by atoms with Crippen molar-refractivity contribution >= 4 is 24.5 Å². The molecule has 0 aromatic carbocycles. The molecule has 0 radical (unpaired) electrons. The van der Waals surface area contributed by atoms with Crippen molar-refractivity contribution in [3.63, 3.8) is 0 Å². The number of nitrogens with zero attached hydrogens (tertiary/aromatic N) is 1. The van der Waals surface area contributed by atoms with Crippen LogP contribution in [-0.4, -0.2) is 95.4 Å². The summed E-state index contributed by atoms with van der Waals surface area (Å²) in [5.74, 6) is -0.970. The molecule has 0 aliphatic heterocycles. The Morgan fingerprint density at radius 1 is 0.862 bits per heavy atom. The fraction of sp³-hybridized carbons (Fsp3) is 0.684. The SMILES string of the molecule is CC/C=C\C(=O)N(C=O)CC(=O)NCCOCCOCCOCCOCCC=O. The summed E-state index contributed by atoms with van der Waals surface area (Å²) in [4.78, 5) is 45.1. The van der Waals surface area contributed by atoms with Crippen molar-refractivity contribution in [3.8, 4) is 0 Å². The van der Waals surface area contributed by atoms with E-state index in [1.165, 1.54) is 6.08 Å². The van der Waals surface area contributed by atoms with E-state index in [0.717, 1.165) is 11.2 Å². The number of allylic oxidation sites excluding steroid dienone is 1. The Balaban J connectivity index is 3.48. The standard InChI is InChI=1S/C19H32N2O8/c1-2-3-5-19(25)21(17-23)16-18(24)20-6-9-27-11-13-29-15-14-28-12-10-26-8-4-7-22/h3,5,7,17H,2,4,6,8-16H2,1H3,(H,20,24)/b5-3-. The highest BCUT2D eigenvalue weighted by molar-refractivity contribution is 5.97. The Kier molecular flexibility index (Phi) is 19.1. The molecule has 0 atom stereocenters. The van der Waals surface area contributed by atoms with Crippen LogP contribution in [0.2, 0.25) is 0 Å². The molecule has 0 unspecified atom stereocenters. The molecule has 0 saturated carbocycles. The van der Waals surface area contributed by atoms with E-state index in [2.05, 4.69) is 5.32 Å².